The van der Waals surface area contributed by atoms with E-state index in [4.69, 9.17) is 4.74 Å². The van der Waals surface area contributed by atoms with E-state index in [0.29, 0.717) is 30.3 Å². The fraction of sp³-hybridized carbons (Fsp3) is 0.429. The van der Waals surface area contributed by atoms with Crippen molar-refractivity contribution in [1.29, 1.82) is 0 Å². The first-order chi connectivity index (χ1) is 14.2. The minimum atomic E-state index is -3.68. The van der Waals surface area contributed by atoms with Gasteiger partial charge in [0.2, 0.25) is 15.9 Å². The second-order valence-electron chi connectivity index (χ2n) is 6.56. The number of nitrogens with zero attached hydrogens (tertiary/aromatic N) is 1. The minimum absolute atomic E-state index is 0.00559. The number of anilines is 1. The number of aryl methyl sites for hydroxylation is 1. The van der Waals surface area contributed by atoms with Gasteiger partial charge in [0, 0.05) is 30.8 Å². The summed E-state index contributed by atoms with van der Waals surface area (Å²) in [5.41, 5.74) is 0.273. The molecule has 1 amide bonds. The van der Waals surface area contributed by atoms with Crippen molar-refractivity contribution in [2.75, 3.05) is 25.0 Å². The van der Waals surface area contributed by atoms with E-state index in [9.17, 15) is 18.0 Å². The van der Waals surface area contributed by atoms with Crippen LogP contribution in [0.1, 0.15) is 48.2 Å². The van der Waals surface area contributed by atoms with Gasteiger partial charge in [-0.2, -0.15) is 4.31 Å². The lowest BCUT2D eigenvalue weighted by Crippen LogP contribution is -2.30. The lowest BCUT2D eigenvalue weighted by atomic mass is 10.2. The molecular formula is C21H28N2O5S2. The first-order valence-corrected chi connectivity index (χ1v) is 12.1. The number of ether oxygens (including phenoxy) is 1. The number of ketones is 1. The molecular weight excluding hydrogens is 424 g/mol. The van der Waals surface area contributed by atoms with Crippen molar-refractivity contribution in [3.8, 4) is 5.75 Å². The van der Waals surface area contributed by atoms with E-state index in [1.807, 2.05) is 13.0 Å². The van der Waals surface area contributed by atoms with Crippen molar-refractivity contribution in [3.05, 3.63) is 40.1 Å². The third-order valence-electron chi connectivity index (χ3n) is 4.46. The number of carbonyl (C=O) groups excluding carboxylic acids is 2. The summed E-state index contributed by atoms with van der Waals surface area (Å²) >= 11 is 1.40. The Morgan fingerprint density at radius 3 is 2.33 bits per heavy atom. The molecule has 1 aromatic carbocycles. The molecule has 0 spiro atoms. The highest BCUT2D eigenvalue weighted by molar-refractivity contribution is 7.89. The molecule has 1 N–H and O–H groups in total. The smallest absolute Gasteiger partial charge is 0.243 e. The summed E-state index contributed by atoms with van der Waals surface area (Å²) in [4.78, 5) is 26.4. The van der Waals surface area contributed by atoms with Gasteiger partial charge in [-0.05, 0) is 44.2 Å². The van der Waals surface area contributed by atoms with Gasteiger partial charge < -0.3 is 10.1 Å². The Kier molecular flexibility index (Phi) is 8.57. The van der Waals surface area contributed by atoms with E-state index in [1.54, 1.807) is 26.8 Å². The molecule has 0 saturated heterocycles. The second-order valence-corrected chi connectivity index (χ2v) is 9.79. The van der Waals surface area contributed by atoms with E-state index >= 15 is 0 Å². The zero-order valence-corrected chi connectivity index (χ0v) is 19.4. The summed E-state index contributed by atoms with van der Waals surface area (Å²) in [6.45, 7) is 8.31. The van der Waals surface area contributed by atoms with Crippen LogP contribution in [0, 0.1) is 6.92 Å². The molecule has 1 aromatic heterocycles. The van der Waals surface area contributed by atoms with Crippen LogP contribution in [0.2, 0.25) is 0 Å². The molecule has 2 rings (SSSR count). The number of amides is 1. The lowest BCUT2D eigenvalue weighted by molar-refractivity contribution is -0.116. The van der Waals surface area contributed by atoms with Gasteiger partial charge in [0.05, 0.1) is 22.1 Å². The SMILES string of the molecule is CCOc1ccc(S(=O)(=O)N(CC)CC)cc1NC(=O)CCC(=O)c1ccc(C)s1. The van der Waals surface area contributed by atoms with E-state index in [2.05, 4.69) is 5.32 Å². The van der Waals surface area contributed by atoms with Crippen LogP contribution in [0.4, 0.5) is 5.69 Å². The molecule has 1 heterocycles. The summed E-state index contributed by atoms with van der Waals surface area (Å²) in [5.74, 6) is -0.0920. The number of rotatable bonds is 11. The number of hydrogen-bond donors (Lipinski definition) is 1. The summed E-state index contributed by atoms with van der Waals surface area (Å²) in [6.07, 6.45) is 0.0710. The second kappa shape index (κ2) is 10.7. The Labute approximate surface area is 182 Å². The molecule has 30 heavy (non-hydrogen) atoms. The van der Waals surface area contributed by atoms with Gasteiger partial charge in [0.1, 0.15) is 5.75 Å². The van der Waals surface area contributed by atoms with Crippen LogP contribution < -0.4 is 10.1 Å². The monoisotopic (exact) mass is 452 g/mol. The topological polar surface area (TPSA) is 92.8 Å². The molecule has 2 aromatic rings. The van der Waals surface area contributed by atoms with Crippen molar-refractivity contribution >= 4 is 38.7 Å². The van der Waals surface area contributed by atoms with Gasteiger partial charge in [0.15, 0.2) is 5.78 Å². The maximum Gasteiger partial charge on any atom is 0.243 e. The van der Waals surface area contributed by atoms with E-state index in [1.165, 1.54) is 33.8 Å². The van der Waals surface area contributed by atoms with Crippen LogP contribution >= 0.6 is 11.3 Å². The molecule has 164 valence electrons. The molecule has 0 aliphatic heterocycles. The summed E-state index contributed by atoms with van der Waals surface area (Å²) < 4.78 is 32.5. The zero-order chi connectivity index (χ0) is 22.3. The predicted molar refractivity (Wildman–Crippen MR) is 119 cm³/mol. The summed E-state index contributed by atoms with van der Waals surface area (Å²) in [6, 6.07) is 8.04. The predicted octanol–water partition coefficient (Wildman–Crippen LogP) is 4.09. The Bertz CT molecular complexity index is 995. The molecule has 0 aliphatic rings. The van der Waals surface area contributed by atoms with Gasteiger partial charge in [-0.1, -0.05) is 13.8 Å². The molecule has 0 radical (unpaired) electrons. The fourth-order valence-electron chi connectivity index (χ4n) is 2.91. The van der Waals surface area contributed by atoms with E-state index in [0.717, 1.165) is 4.88 Å². The quantitative estimate of drug-likeness (QED) is 0.519. The van der Waals surface area contributed by atoms with Gasteiger partial charge in [-0.15, -0.1) is 11.3 Å². The molecule has 0 bridgehead atoms. The molecule has 0 atom stereocenters. The third-order valence-corrected chi connectivity index (χ3v) is 7.55. The number of carbonyl (C=O) groups is 2. The molecule has 0 fully saturated rings. The van der Waals surface area contributed by atoms with Crippen molar-refractivity contribution in [3.63, 3.8) is 0 Å². The Morgan fingerprint density at radius 1 is 1.07 bits per heavy atom. The number of nitrogens with one attached hydrogen (secondary N) is 1. The van der Waals surface area contributed by atoms with Crippen LogP contribution in [-0.4, -0.2) is 44.1 Å². The average molecular weight is 453 g/mol. The van der Waals surface area contributed by atoms with Crippen LogP contribution in [-0.2, 0) is 14.8 Å². The average Bonchev–Trinajstić information content (AvgIpc) is 3.14. The summed E-state index contributed by atoms with van der Waals surface area (Å²) in [5, 5.41) is 2.70. The van der Waals surface area contributed by atoms with Crippen LogP contribution in [0.5, 0.6) is 5.75 Å². The van der Waals surface area contributed by atoms with E-state index < -0.39 is 10.0 Å². The first kappa shape index (κ1) is 24.0. The fourth-order valence-corrected chi connectivity index (χ4v) is 5.23. The molecule has 0 unspecified atom stereocenters. The lowest BCUT2D eigenvalue weighted by Gasteiger charge is -2.20. The minimum Gasteiger partial charge on any atom is -0.492 e. The van der Waals surface area contributed by atoms with Crippen molar-refractivity contribution in [2.24, 2.45) is 0 Å². The molecule has 0 aliphatic carbocycles. The van der Waals surface area contributed by atoms with Gasteiger partial charge in [-0.25, -0.2) is 8.42 Å². The number of benzene rings is 1. The normalized spacial score (nSPS) is 11.5. The third kappa shape index (κ3) is 5.90. The zero-order valence-electron chi connectivity index (χ0n) is 17.7. The number of sulfonamides is 1. The van der Waals surface area contributed by atoms with E-state index in [-0.39, 0.29) is 35.1 Å². The Hall–Kier alpha value is -2.23. The van der Waals surface area contributed by atoms with Crippen molar-refractivity contribution in [1.82, 2.24) is 4.31 Å². The molecule has 7 nitrogen and oxygen atoms in total. The van der Waals surface area contributed by atoms with Gasteiger partial charge in [-0.3, -0.25) is 9.59 Å². The standard InChI is InChI=1S/C21H28N2O5S2/c1-5-23(6-2)30(26,27)16-9-11-19(28-7-3)17(14-16)22-21(25)13-10-18(24)20-12-8-15(4)29-20/h8-9,11-12,14H,5-7,10,13H2,1-4H3,(H,22,25). The van der Waals surface area contributed by atoms with Crippen LogP contribution in [0.3, 0.4) is 0 Å². The highest BCUT2D eigenvalue weighted by Crippen LogP contribution is 2.29. The number of hydrogen-bond acceptors (Lipinski definition) is 6. The van der Waals surface area contributed by atoms with Crippen LogP contribution in [0.15, 0.2) is 35.2 Å². The Balaban J connectivity index is 2.17. The Morgan fingerprint density at radius 2 is 1.77 bits per heavy atom. The number of thiophene rings is 1. The van der Waals surface area contributed by atoms with Crippen molar-refractivity contribution < 1.29 is 22.7 Å². The molecule has 0 saturated carbocycles. The molecule has 9 heteroatoms. The van der Waals surface area contributed by atoms with Gasteiger partial charge >= 0.3 is 0 Å². The van der Waals surface area contributed by atoms with Crippen LogP contribution in [0.25, 0.3) is 0 Å². The first-order valence-electron chi connectivity index (χ1n) is 9.89. The van der Waals surface area contributed by atoms with Gasteiger partial charge in [0.25, 0.3) is 0 Å². The maximum atomic E-state index is 12.8. The number of Topliss-reactive ketones (excluding diaryl/α,β-unsaturated/α-hetero) is 1. The maximum absolute atomic E-state index is 12.8. The highest BCUT2D eigenvalue weighted by Gasteiger charge is 2.23. The van der Waals surface area contributed by atoms with Crippen molar-refractivity contribution in [2.45, 2.75) is 45.4 Å². The largest absolute Gasteiger partial charge is 0.492 e. The highest BCUT2D eigenvalue weighted by atomic mass is 32.2. The summed E-state index contributed by atoms with van der Waals surface area (Å²) in [7, 11) is -3.68.